The number of carbonyl (C=O) groups excluding carboxylic acids is 1. The van der Waals surface area contributed by atoms with Crippen LogP contribution in [0.25, 0.3) is 0 Å². The number of rotatable bonds is 3. The molecule has 1 atom stereocenters. The summed E-state index contributed by atoms with van der Waals surface area (Å²) in [6.07, 6.45) is 2.51. The first-order valence-corrected chi connectivity index (χ1v) is 11.3. The van der Waals surface area contributed by atoms with E-state index in [1.54, 1.807) is 6.07 Å². The maximum atomic E-state index is 12.9. The van der Waals surface area contributed by atoms with Crippen molar-refractivity contribution >= 4 is 15.9 Å². The van der Waals surface area contributed by atoms with Crippen LogP contribution in [-0.4, -0.2) is 87.5 Å². The Bertz CT molecular complexity index is 830. The van der Waals surface area contributed by atoms with Crippen LogP contribution in [0.5, 0.6) is 11.5 Å². The van der Waals surface area contributed by atoms with E-state index in [-0.39, 0.29) is 17.4 Å². The van der Waals surface area contributed by atoms with Gasteiger partial charge in [-0.05, 0) is 38.4 Å². The Morgan fingerprint density at radius 1 is 1.00 bits per heavy atom. The van der Waals surface area contributed by atoms with Crippen LogP contribution >= 0.6 is 0 Å². The highest BCUT2D eigenvalue weighted by molar-refractivity contribution is 7.89. The molecule has 9 heteroatoms. The standard InChI is InChI=1S/C19H27N3O5S/c1-20-9-11-22(12-10-20)28(24,25)15-5-6-16-17(13-15)26-14-18(27-16)19(23)21-7-3-2-4-8-21/h5-6,13,18H,2-4,7-12,14H2,1H3. The zero-order chi connectivity index (χ0) is 19.7. The number of benzene rings is 1. The lowest BCUT2D eigenvalue weighted by molar-refractivity contribution is -0.142. The van der Waals surface area contributed by atoms with E-state index < -0.39 is 16.1 Å². The second-order valence-electron chi connectivity index (χ2n) is 7.62. The molecule has 1 aromatic carbocycles. The van der Waals surface area contributed by atoms with Crippen molar-refractivity contribution in [2.45, 2.75) is 30.3 Å². The van der Waals surface area contributed by atoms with Gasteiger partial charge in [0.2, 0.25) is 16.1 Å². The predicted molar refractivity (Wildman–Crippen MR) is 103 cm³/mol. The third-order valence-corrected chi connectivity index (χ3v) is 7.51. The molecular weight excluding hydrogens is 382 g/mol. The summed E-state index contributed by atoms with van der Waals surface area (Å²) < 4.78 is 38.9. The van der Waals surface area contributed by atoms with E-state index in [9.17, 15) is 13.2 Å². The molecule has 0 aromatic heterocycles. The van der Waals surface area contributed by atoms with Gasteiger partial charge in [-0.25, -0.2) is 8.42 Å². The molecule has 2 saturated heterocycles. The average molecular weight is 410 g/mol. The molecule has 1 amide bonds. The molecule has 0 saturated carbocycles. The molecule has 3 aliphatic heterocycles. The summed E-state index contributed by atoms with van der Waals surface area (Å²) in [6.45, 7) is 3.98. The molecular formula is C19H27N3O5S. The van der Waals surface area contributed by atoms with Gasteiger partial charge in [-0.2, -0.15) is 4.31 Å². The summed E-state index contributed by atoms with van der Waals surface area (Å²) >= 11 is 0. The van der Waals surface area contributed by atoms with Gasteiger partial charge in [-0.1, -0.05) is 0 Å². The second kappa shape index (κ2) is 7.88. The number of nitrogens with zero attached hydrogens (tertiary/aromatic N) is 3. The first-order valence-electron chi connectivity index (χ1n) is 9.86. The summed E-state index contributed by atoms with van der Waals surface area (Å²) in [6, 6.07) is 4.63. The lowest BCUT2D eigenvalue weighted by Crippen LogP contribution is -2.48. The largest absolute Gasteiger partial charge is 0.485 e. The molecule has 8 nitrogen and oxygen atoms in total. The molecule has 3 heterocycles. The summed E-state index contributed by atoms with van der Waals surface area (Å²) in [5.74, 6) is 0.733. The lowest BCUT2D eigenvalue weighted by Gasteiger charge is -2.33. The summed E-state index contributed by atoms with van der Waals surface area (Å²) in [7, 11) is -1.59. The smallest absolute Gasteiger partial charge is 0.267 e. The number of amides is 1. The average Bonchev–Trinajstić information content (AvgIpc) is 2.73. The molecule has 0 bridgehead atoms. The minimum atomic E-state index is -3.57. The number of likely N-dealkylation sites (N-methyl/N-ethyl adjacent to an activating group) is 1. The van der Waals surface area contributed by atoms with Gasteiger partial charge in [0.25, 0.3) is 5.91 Å². The zero-order valence-corrected chi connectivity index (χ0v) is 17.0. The SMILES string of the molecule is CN1CCN(S(=O)(=O)c2ccc3c(c2)OCC(C(=O)N2CCCCC2)O3)CC1. The van der Waals surface area contributed by atoms with Crippen LogP contribution in [0.2, 0.25) is 0 Å². The Balaban J connectivity index is 1.47. The van der Waals surface area contributed by atoms with E-state index in [1.807, 2.05) is 11.9 Å². The van der Waals surface area contributed by atoms with Gasteiger partial charge in [0.05, 0.1) is 4.90 Å². The molecule has 1 aromatic rings. The first-order chi connectivity index (χ1) is 13.4. The summed E-state index contributed by atoms with van der Waals surface area (Å²) in [4.78, 5) is 16.8. The van der Waals surface area contributed by atoms with E-state index >= 15 is 0 Å². The van der Waals surface area contributed by atoms with E-state index in [1.165, 1.54) is 16.4 Å². The van der Waals surface area contributed by atoms with E-state index in [0.29, 0.717) is 37.7 Å². The maximum Gasteiger partial charge on any atom is 0.267 e. The van der Waals surface area contributed by atoms with Gasteiger partial charge < -0.3 is 19.3 Å². The monoisotopic (exact) mass is 409 g/mol. The minimum Gasteiger partial charge on any atom is -0.485 e. The van der Waals surface area contributed by atoms with Crippen molar-refractivity contribution in [3.05, 3.63) is 18.2 Å². The Morgan fingerprint density at radius 2 is 1.71 bits per heavy atom. The fourth-order valence-electron chi connectivity index (χ4n) is 3.83. The number of ether oxygens (including phenoxy) is 2. The molecule has 0 spiro atoms. The Hall–Kier alpha value is -1.84. The predicted octanol–water partition coefficient (Wildman–Crippen LogP) is 0.775. The van der Waals surface area contributed by atoms with Crippen molar-refractivity contribution in [2.24, 2.45) is 0 Å². The van der Waals surface area contributed by atoms with Crippen molar-refractivity contribution in [1.82, 2.24) is 14.1 Å². The van der Waals surface area contributed by atoms with E-state index in [0.717, 1.165) is 32.4 Å². The molecule has 154 valence electrons. The highest BCUT2D eigenvalue weighted by Crippen LogP contribution is 2.35. The van der Waals surface area contributed by atoms with Crippen molar-refractivity contribution in [3.63, 3.8) is 0 Å². The molecule has 1 unspecified atom stereocenters. The lowest BCUT2D eigenvalue weighted by atomic mass is 10.1. The van der Waals surface area contributed by atoms with Crippen LogP contribution in [0.3, 0.4) is 0 Å². The first kappa shape index (κ1) is 19.5. The Kier molecular flexibility index (Phi) is 5.48. The van der Waals surface area contributed by atoms with Crippen molar-refractivity contribution in [3.8, 4) is 11.5 Å². The number of fused-ring (bicyclic) bond motifs is 1. The van der Waals surface area contributed by atoms with Crippen molar-refractivity contribution < 1.29 is 22.7 Å². The number of carbonyl (C=O) groups is 1. The fraction of sp³-hybridized carbons (Fsp3) is 0.632. The minimum absolute atomic E-state index is 0.0560. The van der Waals surface area contributed by atoms with Crippen LogP contribution in [0.4, 0.5) is 0 Å². The molecule has 3 aliphatic rings. The normalized spacial score (nSPS) is 24.2. The highest BCUT2D eigenvalue weighted by Gasteiger charge is 2.33. The number of likely N-dealkylation sites (tertiary alicyclic amines) is 1. The van der Waals surface area contributed by atoms with Gasteiger partial charge in [0.1, 0.15) is 6.61 Å². The van der Waals surface area contributed by atoms with Crippen LogP contribution in [-0.2, 0) is 14.8 Å². The van der Waals surface area contributed by atoms with E-state index in [2.05, 4.69) is 4.90 Å². The van der Waals surface area contributed by atoms with Crippen molar-refractivity contribution in [2.75, 3.05) is 52.9 Å². The number of hydrogen-bond acceptors (Lipinski definition) is 6. The van der Waals surface area contributed by atoms with Gasteiger partial charge >= 0.3 is 0 Å². The topological polar surface area (TPSA) is 79.4 Å². The van der Waals surface area contributed by atoms with E-state index in [4.69, 9.17) is 9.47 Å². The molecule has 2 fully saturated rings. The Morgan fingerprint density at radius 3 is 2.43 bits per heavy atom. The summed E-state index contributed by atoms with van der Waals surface area (Å²) in [5, 5.41) is 0. The van der Waals surface area contributed by atoms with Crippen LogP contribution in [0.1, 0.15) is 19.3 Å². The molecule has 28 heavy (non-hydrogen) atoms. The fourth-order valence-corrected chi connectivity index (χ4v) is 5.27. The van der Waals surface area contributed by atoms with Gasteiger partial charge in [-0.15, -0.1) is 0 Å². The quantitative estimate of drug-likeness (QED) is 0.734. The molecule has 0 radical (unpaired) electrons. The van der Waals surface area contributed by atoms with Crippen LogP contribution in [0.15, 0.2) is 23.1 Å². The summed E-state index contributed by atoms with van der Waals surface area (Å²) in [5.41, 5.74) is 0. The third-order valence-electron chi connectivity index (χ3n) is 5.62. The third kappa shape index (κ3) is 3.83. The van der Waals surface area contributed by atoms with Gasteiger partial charge in [0, 0.05) is 45.3 Å². The zero-order valence-electron chi connectivity index (χ0n) is 16.2. The maximum absolute atomic E-state index is 12.9. The van der Waals surface area contributed by atoms with Gasteiger partial charge in [0.15, 0.2) is 11.5 Å². The van der Waals surface area contributed by atoms with Crippen LogP contribution in [0, 0.1) is 0 Å². The highest BCUT2D eigenvalue weighted by atomic mass is 32.2. The second-order valence-corrected chi connectivity index (χ2v) is 9.56. The number of piperidine rings is 1. The molecule has 4 rings (SSSR count). The molecule has 0 aliphatic carbocycles. The van der Waals surface area contributed by atoms with Crippen molar-refractivity contribution in [1.29, 1.82) is 0 Å². The molecule has 0 N–H and O–H groups in total. The number of sulfonamides is 1. The van der Waals surface area contributed by atoms with Crippen LogP contribution < -0.4 is 9.47 Å². The number of hydrogen-bond donors (Lipinski definition) is 0. The Labute approximate surface area is 166 Å². The van der Waals surface area contributed by atoms with Gasteiger partial charge in [-0.3, -0.25) is 4.79 Å². The number of piperazine rings is 1.